The fourth-order valence-corrected chi connectivity index (χ4v) is 2.88. The average molecular weight is 309 g/mol. The summed E-state index contributed by atoms with van der Waals surface area (Å²) in [6.07, 6.45) is 2.42. The zero-order valence-corrected chi connectivity index (χ0v) is 13.4. The predicted molar refractivity (Wildman–Crippen MR) is 90.2 cm³/mol. The first kappa shape index (κ1) is 14.0. The van der Waals surface area contributed by atoms with Gasteiger partial charge in [0.05, 0.1) is 0 Å². The van der Waals surface area contributed by atoms with Crippen LogP contribution in [0.1, 0.15) is 24.0 Å². The van der Waals surface area contributed by atoms with Gasteiger partial charge < -0.3 is 9.64 Å². The molecule has 23 heavy (non-hydrogen) atoms. The van der Waals surface area contributed by atoms with Gasteiger partial charge in [-0.1, -0.05) is 17.7 Å². The molecule has 2 aromatic rings. The molecule has 1 saturated heterocycles. The second-order valence-electron chi connectivity index (χ2n) is 5.98. The van der Waals surface area contributed by atoms with Crippen molar-refractivity contribution in [2.24, 2.45) is 5.10 Å². The fourth-order valence-electron chi connectivity index (χ4n) is 2.88. The summed E-state index contributed by atoms with van der Waals surface area (Å²) in [5.41, 5.74) is 2.98. The summed E-state index contributed by atoms with van der Waals surface area (Å²) >= 11 is 0. The molecule has 1 fully saturated rings. The van der Waals surface area contributed by atoms with Gasteiger partial charge in [-0.25, -0.2) is 0 Å². The Hall–Kier alpha value is -2.63. The number of hydrogen-bond acceptors (Lipinski definition) is 6. The summed E-state index contributed by atoms with van der Waals surface area (Å²) in [5.74, 6) is 1.94. The van der Waals surface area contributed by atoms with Crippen molar-refractivity contribution in [3.63, 3.8) is 0 Å². The van der Waals surface area contributed by atoms with Crippen molar-refractivity contribution in [1.29, 1.82) is 0 Å². The normalized spacial score (nSPS) is 16.9. The highest BCUT2D eigenvalue weighted by Gasteiger charge is 2.24. The number of nitrogens with zero attached hydrogens (tertiary/aromatic N) is 5. The van der Waals surface area contributed by atoms with E-state index in [0.29, 0.717) is 11.8 Å². The van der Waals surface area contributed by atoms with Crippen LogP contribution in [0.4, 0.5) is 11.5 Å². The highest BCUT2D eigenvalue weighted by Crippen LogP contribution is 2.33. The van der Waals surface area contributed by atoms with E-state index in [2.05, 4.69) is 27.1 Å². The number of anilines is 2. The van der Waals surface area contributed by atoms with Crippen LogP contribution < -0.4 is 14.6 Å². The summed E-state index contributed by atoms with van der Waals surface area (Å²) in [6, 6.07) is 10.1. The zero-order chi connectivity index (χ0) is 15.8. The largest absolute Gasteiger partial charge is 0.415 e. The molecule has 4 rings (SSSR count). The lowest BCUT2D eigenvalue weighted by atomic mass is 10.1. The Kier molecular flexibility index (Phi) is 3.37. The summed E-state index contributed by atoms with van der Waals surface area (Å²) in [7, 11) is 1.91. The molecule has 0 radical (unpaired) electrons. The molecule has 0 spiro atoms. The van der Waals surface area contributed by atoms with Crippen molar-refractivity contribution in [1.82, 2.24) is 10.2 Å². The summed E-state index contributed by atoms with van der Waals surface area (Å²) in [4.78, 5) is 2.25. The second-order valence-corrected chi connectivity index (χ2v) is 5.98. The molecule has 2 aliphatic heterocycles. The van der Waals surface area contributed by atoms with Crippen LogP contribution in [0.25, 0.3) is 0 Å². The third-order valence-corrected chi connectivity index (χ3v) is 4.24. The van der Waals surface area contributed by atoms with Gasteiger partial charge in [-0.05, 0) is 31.9 Å². The number of rotatable bonds is 2. The van der Waals surface area contributed by atoms with Gasteiger partial charge in [-0.15, -0.1) is 15.3 Å². The van der Waals surface area contributed by atoms with E-state index >= 15 is 0 Å². The lowest BCUT2D eigenvalue weighted by Gasteiger charge is -2.25. The third-order valence-electron chi connectivity index (χ3n) is 4.24. The van der Waals surface area contributed by atoms with Gasteiger partial charge in [0.2, 0.25) is 5.90 Å². The van der Waals surface area contributed by atoms with Crippen molar-refractivity contribution in [2.75, 3.05) is 30.0 Å². The molecule has 0 N–H and O–H groups in total. The molecular weight excluding hydrogens is 290 g/mol. The van der Waals surface area contributed by atoms with E-state index < -0.39 is 0 Å². The quantitative estimate of drug-likeness (QED) is 0.853. The summed E-state index contributed by atoms with van der Waals surface area (Å²) in [6.45, 7) is 4.13. The van der Waals surface area contributed by atoms with E-state index in [1.165, 1.54) is 18.4 Å². The molecule has 0 atom stereocenters. The standard InChI is InChI=1S/C17H19N5O/c1-12-5-7-13(8-6-12)16-20-21(2)14-11-15(18-19-17(14)23-16)22-9-3-4-10-22/h5-8,11H,3-4,9-10H2,1-2H3. The lowest BCUT2D eigenvalue weighted by molar-refractivity contribution is 0.501. The Bertz CT molecular complexity index is 750. The number of benzene rings is 1. The van der Waals surface area contributed by atoms with Crippen LogP contribution in [-0.4, -0.2) is 36.2 Å². The van der Waals surface area contributed by atoms with Gasteiger partial charge in [0.1, 0.15) is 5.69 Å². The van der Waals surface area contributed by atoms with Crippen molar-refractivity contribution >= 4 is 17.4 Å². The number of hydrazone groups is 1. The van der Waals surface area contributed by atoms with E-state index in [4.69, 9.17) is 4.74 Å². The first-order chi connectivity index (χ1) is 11.2. The van der Waals surface area contributed by atoms with E-state index in [0.717, 1.165) is 30.2 Å². The first-order valence-electron chi connectivity index (χ1n) is 7.90. The molecule has 0 bridgehead atoms. The van der Waals surface area contributed by atoms with Gasteiger partial charge >= 0.3 is 0 Å². The Morgan fingerprint density at radius 1 is 1.04 bits per heavy atom. The fraction of sp³-hybridized carbons (Fsp3) is 0.353. The molecule has 1 aromatic carbocycles. The predicted octanol–water partition coefficient (Wildman–Crippen LogP) is 2.58. The molecule has 3 heterocycles. The summed E-state index contributed by atoms with van der Waals surface area (Å²) in [5, 5.41) is 14.9. The Morgan fingerprint density at radius 2 is 1.78 bits per heavy atom. The van der Waals surface area contributed by atoms with Crippen LogP contribution in [-0.2, 0) is 0 Å². The molecule has 0 aliphatic carbocycles. The van der Waals surface area contributed by atoms with Crippen LogP contribution in [0.5, 0.6) is 5.88 Å². The lowest BCUT2D eigenvalue weighted by Crippen LogP contribution is -2.27. The maximum Gasteiger partial charge on any atom is 0.266 e. The molecule has 2 aliphatic rings. The number of ether oxygens (including phenoxy) is 1. The molecule has 6 heteroatoms. The highest BCUT2D eigenvalue weighted by atomic mass is 16.5. The molecule has 0 amide bonds. The maximum absolute atomic E-state index is 5.86. The van der Waals surface area contributed by atoms with E-state index in [1.54, 1.807) is 0 Å². The molecule has 0 saturated carbocycles. The van der Waals surface area contributed by atoms with Gasteiger partial charge in [0.25, 0.3) is 5.88 Å². The highest BCUT2D eigenvalue weighted by molar-refractivity contribution is 5.98. The van der Waals surface area contributed by atoms with Crippen LogP contribution in [0.2, 0.25) is 0 Å². The maximum atomic E-state index is 5.86. The van der Waals surface area contributed by atoms with Gasteiger partial charge in [0, 0.05) is 31.8 Å². The minimum Gasteiger partial charge on any atom is -0.415 e. The third kappa shape index (κ3) is 2.60. The summed E-state index contributed by atoms with van der Waals surface area (Å²) < 4.78 is 5.86. The van der Waals surface area contributed by atoms with Crippen molar-refractivity contribution in [3.8, 4) is 5.88 Å². The van der Waals surface area contributed by atoms with Gasteiger partial charge in [0.15, 0.2) is 5.82 Å². The van der Waals surface area contributed by atoms with Gasteiger partial charge in [-0.2, -0.15) is 0 Å². The molecular formula is C17H19N5O. The molecule has 0 unspecified atom stereocenters. The van der Waals surface area contributed by atoms with E-state index in [1.807, 2.05) is 42.4 Å². The van der Waals surface area contributed by atoms with Crippen molar-refractivity contribution in [2.45, 2.75) is 19.8 Å². The topological polar surface area (TPSA) is 53.9 Å². The van der Waals surface area contributed by atoms with Crippen LogP contribution in [0, 0.1) is 6.92 Å². The van der Waals surface area contributed by atoms with Gasteiger partial charge in [-0.3, -0.25) is 5.01 Å². The second kappa shape index (κ2) is 5.53. The number of fused-ring (bicyclic) bond motifs is 1. The van der Waals surface area contributed by atoms with Crippen LogP contribution in [0.15, 0.2) is 35.4 Å². The zero-order valence-electron chi connectivity index (χ0n) is 13.4. The van der Waals surface area contributed by atoms with Crippen molar-refractivity contribution in [3.05, 3.63) is 41.5 Å². The van der Waals surface area contributed by atoms with Crippen LogP contribution >= 0.6 is 0 Å². The minimum absolute atomic E-state index is 0.501. The monoisotopic (exact) mass is 309 g/mol. The molecule has 6 nitrogen and oxygen atoms in total. The van der Waals surface area contributed by atoms with Crippen LogP contribution in [0.3, 0.4) is 0 Å². The minimum atomic E-state index is 0.501. The Morgan fingerprint density at radius 3 is 2.52 bits per heavy atom. The Labute approximate surface area is 135 Å². The first-order valence-corrected chi connectivity index (χ1v) is 7.90. The molecule has 1 aromatic heterocycles. The van der Waals surface area contributed by atoms with E-state index in [9.17, 15) is 0 Å². The average Bonchev–Trinajstić information content (AvgIpc) is 3.10. The molecule has 118 valence electrons. The SMILES string of the molecule is Cc1ccc(C2=NN(C)c3cc(N4CCCC4)nnc3O2)cc1. The Balaban J connectivity index is 1.64. The smallest absolute Gasteiger partial charge is 0.266 e. The van der Waals surface area contributed by atoms with E-state index in [-0.39, 0.29) is 0 Å². The van der Waals surface area contributed by atoms with Crippen molar-refractivity contribution < 1.29 is 4.74 Å². The number of aromatic nitrogens is 2. The number of hydrogen-bond donors (Lipinski definition) is 0. The number of aryl methyl sites for hydroxylation is 1.